The van der Waals surface area contributed by atoms with Gasteiger partial charge in [0.15, 0.2) is 0 Å². The minimum absolute atomic E-state index is 0.165. The van der Waals surface area contributed by atoms with Crippen molar-refractivity contribution in [3.8, 4) is 0 Å². The van der Waals surface area contributed by atoms with Crippen molar-refractivity contribution in [3.63, 3.8) is 0 Å². The Hall–Kier alpha value is -2.36. The van der Waals surface area contributed by atoms with Crippen LogP contribution in [0.1, 0.15) is 24.3 Å². The van der Waals surface area contributed by atoms with E-state index in [9.17, 15) is 10.1 Å². The van der Waals surface area contributed by atoms with E-state index in [4.69, 9.17) is 0 Å². The molecule has 0 unspecified atom stereocenters. The summed E-state index contributed by atoms with van der Waals surface area (Å²) >= 11 is 0. The lowest BCUT2D eigenvalue weighted by molar-refractivity contribution is -0.384. The molecule has 2 aromatic rings. The lowest BCUT2D eigenvalue weighted by Crippen LogP contribution is -2.32. The smallest absolute Gasteiger partial charge is 0.271 e. The molecule has 0 bridgehead atoms. The molecule has 1 heterocycles. The molecule has 1 saturated heterocycles. The lowest BCUT2D eigenvalue weighted by Gasteiger charge is -2.33. The largest absolute Gasteiger partial charge is 0.371 e. The Bertz CT molecular complexity index is 620. The van der Waals surface area contributed by atoms with Gasteiger partial charge in [-0.25, -0.2) is 0 Å². The van der Waals surface area contributed by atoms with Crippen molar-refractivity contribution in [1.29, 1.82) is 0 Å². The normalized spacial score (nSPS) is 15.9. The maximum absolute atomic E-state index is 10.9. The van der Waals surface area contributed by atoms with Gasteiger partial charge in [-0.05, 0) is 30.4 Å². The van der Waals surface area contributed by atoms with Gasteiger partial charge in [-0.1, -0.05) is 36.4 Å². The van der Waals surface area contributed by atoms with E-state index in [0.29, 0.717) is 5.92 Å². The zero-order valence-electron chi connectivity index (χ0n) is 11.8. The summed E-state index contributed by atoms with van der Waals surface area (Å²) in [5.74, 6) is 0.598. The fraction of sp³-hybridized carbons (Fsp3) is 0.294. The van der Waals surface area contributed by atoms with Crippen LogP contribution in [0, 0.1) is 10.1 Å². The Kier molecular flexibility index (Phi) is 3.86. The van der Waals surface area contributed by atoms with E-state index in [1.807, 2.05) is 12.1 Å². The number of hydrogen-bond acceptors (Lipinski definition) is 3. The van der Waals surface area contributed by atoms with Gasteiger partial charge in [-0.2, -0.15) is 0 Å². The highest BCUT2D eigenvalue weighted by Crippen LogP contribution is 2.31. The van der Waals surface area contributed by atoms with Crippen molar-refractivity contribution in [2.45, 2.75) is 18.8 Å². The van der Waals surface area contributed by atoms with E-state index in [1.165, 1.54) is 5.56 Å². The molecule has 0 N–H and O–H groups in total. The molecule has 3 rings (SSSR count). The van der Waals surface area contributed by atoms with Crippen LogP contribution in [-0.4, -0.2) is 18.0 Å². The van der Waals surface area contributed by atoms with Crippen LogP contribution in [0.15, 0.2) is 54.6 Å². The van der Waals surface area contributed by atoms with Gasteiger partial charge in [0, 0.05) is 30.9 Å². The minimum atomic E-state index is -0.333. The molecular weight excluding hydrogens is 264 g/mol. The second kappa shape index (κ2) is 5.95. The first-order chi connectivity index (χ1) is 10.2. The van der Waals surface area contributed by atoms with Crippen LogP contribution in [0.25, 0.3) is 0 Å². The summed E-state index contributed by atoms with van der Waals surface area (Å²) in [5.41, 5.74) is 2.52. The first-order valence-corrected chi connectivity index (χ1v) is 7.28. The number of nitro groups is 1. The van der Waals surface area contributed by atoms with Crippen LogP contribution in [-0.2, 0) is 0 Å². The van der Waals surface area contributed by atoms with Crippen LogP contribution in [0.4, 0.5) is 11.4 Å². The number of rotatable bonds is 3. The Morgan fingerprint density at radius 3 is 2.38 bits per heavy atom. The van der Waals surface area contributed by atoms with E-state index >= 15 is 0 Å². The van der Waals surface area contributed by atoms with Gasteiger partial charge >= 0.3 is 0 Å². The molecule has 0 spiro atoms. The number of nitrogens with zero attached hydrogens (tertiary/aromatic N) is 2. The predicted octanol–water partition coefficient (Wildman–Crippen LogP) is 3.98. The van der Waals surface area contributed by atoms with Gasteiger partial charge in [0.2, 0.25) is 0 Å². The van der Waals surface area contributed by atoms with Crippen LogP contribution in [0.2, 0.25) is 0 Å². The SMILES string of the molecule is O=[N+]([O-])c1cccc(N2CCC(c3ccccc3)CC2)c1. The summed E-state index contributed by atoms with van der Waals surface area (Å²) < 4.78 is 0. The molecular formula is C17H18N2O2. The fourth-order valence-corrected chi connectivity index (χ4v) is 3.00. The summed E-state index contributed by atoms with van der Waals surface area (Å²) in [6.45, 7) is 1.89. The Morgan fingerprint density at radius 2 is 1.71 bits per heavy atom. The molecule has 0 saturated carbocycles. The van der Waals surface area contributed by atoms with Gasteiger partial charge in [0.05, 0.1) is 4.92 Å². The second-order valence-corrected chi connectivity index (χ2v) is 5.45. The van der Waals surface area contributed by atoms with Gasteiger partial charge in [0.25, 0.3) is 5.69 Å². The highest BCUT2D eigenvalue weighted by molar-refractivity contribution is 5.53. The molecule has 21 heavy (non-hydrogen) atoms. The molecule has 1 aliphatic heterocycles. The molecule has 0 aromatic heterocycles. The summed E-state index contributed by atoms with van der Waals surface area (Å²) in [5, 5.41) is 10.9. The highest BCUT2D eigenvalue weighted by Gasteiger charge is 2.21. The summed E-state index contributed by atoms with van der Waals surface area (Å²) in [4.78, 5) is 12.8. The first kappa shape index (κ1) is 13.6. The first-order valence-electron chi connectivity index (χ1n) is 7.28. The van der Waals surface area contributed by atoms with Gasteiger partial charge in [-0.3, -0.25) is 10.1 Å². The number of benzene rings is 2. The van der Waals surface area contributed by atoms with Gasteiger partial charge < -0.3 is 4.90 Å². The molecule has 0 amide bonds. The number of nitro benzene ring substituents is 1. The molecule has 0 aliphatic carbocycles. The molecule has 0 atom stereocenters. The zero-order valence-corrected chi connectivity index (χ0v) is 11.8. The number of hydrogen-bond donors (Lipinski definition) is 0. The van der Waals surface area contributed by atoms with E-state index < -0.39 is 0 Å². The molecule has 4 nitrogen and oxygen atoms in total. The monoisotopic (exact) mass is 282 g/mol. The summed E-state index contributed by atoms with van der Waals surface area (Å²) in [6.07, 6.45) is 2.18. The van der Waals surface area contributed by atoms with E-state index in [-0.39, 0.29) is 10.6 Å². The quantitative estimate of drug-likeness (QED) is 0.632. The van der Waals surface area contributed by atoms with Crippen LogP contribution >= 0.6 is 0 Å². The summed E-state index contributed by atoms with van der Waals surface area (Å²) in [7, 11) is 0. The van der Waals surface area contributed by atoms with E-state index in [2.05, 4.69) is 29.2 Å². The third kappa shape index (κ3) is 3.05. The van der Waals surface area contributed by atoms with Crippen LogP contribution < -0.4 is 4.90 Å². The van der Waals surface area contributed by atoms with Crippen molar-refractivity contribution in [3.05, 3.63) is 70.3 Å². The number of non-ortho nitro benzene ring substituents is 1. The third-order valence-corrected chi connectivity index (χ3v) is 4.17. The third-order valence-electron chi connectivity index (χ3n) is 4.17. The Morgan fingerprint density at radius 1 is 1.00 bits per heavy atom. The van der Waals surface area contributed by atoms with E-state index in [1.54, 1.807) is 18.2 Å². The Labute approximate surface area is 124 Å². The maximum Gasteiger partial charge on any atom is 0.271 e. The average molecular weight is 282 g/mol. The van der Waals surface area contributed by atoms with E-state index in [0.717, 1.165) is 31.6 Å². The highest BCUT2D eigenvalue weighted by atomic mass is 16.6. The number of piperidine rings is 1. The number of anilines is 1. The van der Waals surface area contributed by atoms with Gasteiger partial charge in [0.1, 0.15) is 0 Å². The maximum atomic E-state index is 10.9. The minimum Gasteiger partial charge on any atom is -0.371 e. The molecule has 108 valence electrons. The van der Waals surface area contributed by atoms with Crippen LogP contribution in [0.5, 0.6) is 0 Å². The van der Waals surface area contributed by atoms with Crippen molar-refractivity contribution < 1.29 is 4.92 Å². The molecule has 1 fully saturated rings. The zero-order chi connectivity index (χ0) is 14.7. The second-order valence-electron chi connectivity index (χ2n) is 5.45. The fourth-order valence-electron chi connectivity index (χ4n) is 3.00. The predicted molar refractivity (Wildman–Crippen MR) is 83.7 cm³/mol. The van der Waals surface area contributed by atoms with Gasteiger partial charge in [-0.15, -0.1) is 0 Å². The summed E-state index contributed by atoms with van der Waals surface area (Å²) in [6, 6.07) is 17.5. The molecule has 2 aromatic carbocycles. The topological polar surface area (TPSA) is 46.4 Å². The Balaban J connectivity index is 1.68. The molecule has 4 heteroatoms. The lowest BCUT2D eigenvalue weighted by atomic mass is 9.89. The molecule has 1 aliphatic rings. The van der Waals surface area contributed by atoms with Crippen molar-refractivity contribution in [2.24, 2.45) is 0 Å². The standard InChI is InChI=1S/C17H18N2O2/c20-19(21)17-8-4-7-16(13-17)18-11-9-15(10-12-18)14-5-2-1-3-6-14/h1-8,13,15H,9-12H2. The van der Waals surface area contributed by atoms with Crippen molar-refractivity contribution >= 4 is 11.4 Å². The molecule has 0 radical (unpaired) electrons. The van der Waals surface area contributed by atoms with Crippen LogP contribution in [0.3, 0.4) is 0 Å². The van der Waals surface area contributed by atoms with Crippen molar-refractivity contribution in [1.82, 2.24) is 0 Å². The average Bonchev–Trinajstić information content (AvgIpc) is 2.56. The van der Waals surface area contributed by atoms with Crippen molar-refractivity contribution in [2.75, 3.05) is 18.0 Å².